The lowest BCUT2D eigenvalue weighted by molar-refractivity contribution is 0.0989. The van der Waals surface area contributed by atoms with Gasteiger partial charge in [-0.25, -0.2) is 0 Å². The smallest absolute Gasteiger partial charge is 0.166 e. The lowest BCUT2D eigenvalue weighted by atomic mass is 10.0. The van der Waals surface area contributed by atoms with Crippen molar-refractivity contribution in [2.45, 2.75) is 13.3 Å². The van der Waals surface area contributed by atoms with Crippen molar-refractivity contribution in [1.82, 2.24) is 0 Å². The summed E-state index contributed by atoms with van der Waals surface area (Å²) in [6.45, 7) is 1.84. The van der Waals surface area contributed by atoms with Crippen molar-refractivity contribution in [3.63, 3.8) is 0 Å². The Balaban J connectivity index is 3.29. The molecule has 0 aromatic heterocycles. The van der Waals surface area contributed by atoms with Crippen molar-refractivity contribution < 1.29 is 4.79 Å². The molecule has 0 amide bonds. The Morgan fingerprint density at radius 2 is 2.07 bits per heavy atom. The molecule has 2 N–H and O–H groups in total. The van der Waals surface area contributed by atoms with Gasteiger partial charge in [-0.05, 0) is 12.1 Å². The molecule has 0 fully saturated rings. The highest BCUT2D eigenvalue weighted by atomic mass is 16.1. The average molecular weight is 192 g/mol. The summed E-state index contributed by atoms with van der Waals surface area (Å²) in [7, 11) is 3.81. The lowest BCUT2D eigenvalue weighted by Crippen LogP contribution is -2.15. The Labute approximate surface area is 84.5 Å². The highest BCUT2D eigenvalue weighted by molar-refractivity contribution is 6.05. The third-order valence-electron chi connectivity index (χ3n) is 2.16. The number of Topliss-reactive ketones (excluding diaryl/α,β-unsaturated/α-hetero) is 1. The van der Waals surface area contributed by atoms with Crippen LogP contribution in [0, 0.1) is 0 Å². The summed E-state index contributed by atoms with van der Waals surface area (Å²) in [4.78, 5) is 13.6. The van der Waals surface area contributed by atoms with Crippen LogP contribution in [0.15, 0.2) is 18.2 Å². The van der Waals surface area contributed by atoms with Gasteiger partial charge in [0.15, 0.2) is 5.78 Å². The maximum absolute atomic E-state index is 11.7. The fourth-order valence-electron chi connectivity index (χ4n) is 1.41. The van der Waals surface area contributed by atoms with E-state index >= 15 is 0 Å². The Morgan fingerprint density at radius 1 is 1.43 bits per heavy atom. The van der Waals surface area contributed by atoms with E-state index in [1.807, 2.05) is 38.1 Å². The minimum Gasteiger partial charge on any atom is -0.398 e. The second kappa shape index (κ2) is 4.13. The number of nitrogens with two attached hydrogens (primary N) is 1. The van der Waals surface area contributed by atoms with E-state index in [2.05, 4.69) is 0 Å². The van der Waals surface area contributed by atoms with Crippen molar-refractivity contribution in [2.24, 2.45) is 0 Å². The van der Waals surface area contributed by atoms with Crippen LogP contribution < -0.4 is 10.6 Å². The predicted molar refractivity (Wildman–Crippen MR) is 59.8 cm³/mol. The molecule has 76 valence electrons. The number of carbonyl (C=O) groups is 1. The van der Waals surface area contributed by atoms with Crippen molar-refractivity contribution >= 4 is 17.2 Å². The topological polar surface area (TPSA) is 46.3 Å². The third kappa shape index (κ3) is 1.87. The first-order valence-electron chi connectivity index (χ1n) is 4.67. The fraction of sp³-hybridized carbons (Fsp3) is 0.364. The molecule has 0 saturated heterocycles. The van der Waals surface area contributed by atoms with E-state index in [4.69, 9.17) is 5.73 Å². The van der Waals surface area contributed by atoms with Crippen LogP contribution in [-0.4, -0.2) is 19.9 Å². The molecule has 0 unspecified atom stereocenters. The number of hydrogen-bond donors (Lipinski definition) is 1. The zero-order valence-electron chi connectivity index (χ0n) is 8.87. The van der Waals surface area contributed by atoms with Gasteiger partial charge in [-0.2, -0.15) is 0 Å². The molecule has 1 aromatic rings. The van der Waals surface area contributed by atoms with Gasteiger partial charge in [0.2, 0.25) is 0 Å². The fourth-order valence-corrected chi connectivity index (χ4v) is 1.41. The number of nitrogen functional groups attached to an aromatic ring is 1. The van der Waals surface area contributed by atoms with Gasteiger partial charge in [-0.1, -0.05) is 13.0 Å². The molecule has 0 radical (unpaired) electrons. The highest BCUT2D eigenvalue weighted by Gasteiger charge is 2.13. The molecule has 0 heterocycles. The monoisotopic (exact) mass is 192 g/mol. The molecular formula is C11H16N2O. The quantitative estimate of drug-likeness (QED) is 0.588. The molecule has 1 aromatic carbocycles. The van der Waals surface area contributed by atoms with Gasteiger partial charge in [0.05, 0.1) is 5.56 Å². The van der Waals surface area contributed by atoms with E-state index in [0.717, 1.165) is 5.69 Å². The third-order valence-corrected chi connectivity index (χ3v) is 2.16. The molecule has 0 aliphatic rings. The van der Waals surface area contributed by atoms with Crippen LogP contribution in [0.25, 0.3) is 0 Å². The van der Waals surface area contributed by atoms with Crippen LogP contribution in [0.2, 0.25) is 0 Å². The molecule has 0 atom stereocenters. The van der Waals surface area contributed by atoms with Gasteiger partial charge >= 0.3 is 0 Å². The summed E-state index contributed by atoms with van der Waals surface area (Å²) in [5, 5.41) is 0. The number of carbonyl (C=O) groups excluding carboxylic acids is 1. The minimum atomic E-state index is 0.0896. The van der Waals surface area contributed by atoms with Crippen LogP contribution in [0.4, 0.5) is 11.4 Å². The summed E-state index contributed by atoms with van der Waals surface area (Å²) in [6.07, 6.45) is 0.481. The number of nitrogens with zero attached hydrogens (tertiary/aromatic N) is 1. The largest absolute Gasteiger partial charge is 0.398 e. The minimum absolute atomic E-state index is 0.0896. The molecular weight excluding hydrogens is 176 g/mol. The van der Waals surface area contributed by atoms with E-state index in [1.165, 1.54) is 0 Å². The number of hydrogen-bond acceptors (Lipinski definition) is 3. The first-order valence-corrected chi connectivity index (χ1v) is 4.67. The number of anilines is 2. The summed E-state index contributed by atoms with van der Waals surface area (Å²) in [5.74, 6) is 0.0896. The van der Waals surface area contributed by atoms with E-state index in [0.29, 0.717) is 17.7 Å². The standard InChI is InChI=1S/C11H16N2O/c1-4-10(14)11-8(12)6-5-7-9(11)13(2)3/h5-7H,4,12H2,1-3H3. The molecule has 1 rings (SSSR count). The van der Waals surface area contributed by atoms with Gasteiger partial charge in [-0.15, -0.1) is 0 Å². The predicted octanol–water partition coefficient (Wildman–Crippen LogP) is 1.93. The summed E-state index contributed by atoms with van der Waals surface area (Å²) in [5.41, 5.74) is 7.87. The van der Waals surface area contributed by atoms with Crippen molar-refractivity contribution in [3.8, 4) is 0 Å². The number of ketones is 1. The van der Waals surface area contributed by atoms with Crippen LogP contribution in [0.3, 0.4) is 0 Å². The van der Waals surface area contributed by atoms with Crippen LogP contribution in [0.5, 0.6) is 0 Å². The molecule has 0 saturated carbocycles. The van der Waals surface area contributed by atoms with Crippen LogP contribution >= 0.6 is 0 Å². The zero-order valence-corrected chi connectivity index (χ0v) is 8.87. The molecule has 3 heteroatoms. The molecule has 14 heavy (non-hydrogen) atoms. The van der Waals surface area contributed by atoms with Gasteiger partial charge in [0, 0.05) is 31.9 Å². The molecule has 0 aliphatic carbocycles. The first kappa shape index (κ1) is 10.6. The van der Waals surface area contributed by atoms with Crippen molar-refractivity contribution in [2.75, 3.05) is 24.7 Å². The normalized spacial score (nSPS) is 9.93. The van der Waals surface area contributed by atoms with E-state index in [1.54, 1.807) is 6.07 Å². The summed E-state index contributed by atoms with van der Waals surface area (Å²) < 4.78 is 0. The summed E-state index contributed by atoms with van der Waals surface area (Å²) in [6, 6.07) is 5.52. The first-order chi connectivity index (χ1) is 6.57. The molecule has 0 aliphatic heterocycles. The van der Waals surface area contributed by atoms with Crippen molar-refractivity contribution in [1.29, 1.82) is 0 Å². The van der Waals surface area contributed by atoms with E-state index < -0.39 is 0 Å². The molecule has 3 nitrogen and oxygen atoms in total. The lowest BCUT2D eigenvalue weighted by Gasteiger charge is -2.17. The average Bonchev–Trinajstić information content (AvgIpc) is 2.16. The Morgan fingerprint density at radius 3 is 2.57 bits per heavy atom. The Kier molecular flexibility index (Phi) is 3.12. The van der Waals surface area contributed by atoms with E-state index in [-0.39, 0.29) is 5.78 Å². The maximum Gasteiger partial charge on any atom is 0.166 e. The maximum atomic E-state index is 11.7. The van der Waals surface area contributed by atoms with Crippen LogP contribution in [-0.2, 0) is 0 Å². The SMILES string of the molecule is CCC(=O)c1c(N)cccc1N(C)C. The molecule has 0 spiro atoms. The summed E-state index contributed by atoms with van der Waals surface area (Å²) >= 11 is 0. The number of rotatable bonds is 3. The Bertz CT molecular complexity index is 345. The zero-order chi connectivity index (χ0) is 10.7. The van der Waals surface area contributed by atoms with Crippen molar-refractivity contribution in [3.05, 3.63) is 23.8 Å². The van der Waals surface area contributed by atoms with Crippen LogP contribution in [0.1, 0.15) is 23.7 Å². The Hall–Kier alpha value is -1.51. The second-order valence-electron chi connectivity index (χ2n) is 3.41. The van der Waals surface area contributed by atoms with Gasteiger partial charge in [0.25, 0.3) is 0 Å². The van der Waals surface area contributed by atoms with E-state index in [9.17, 15) is 4.79 Å². The van der Waals surface area contributed by atoms with Gasteiger partial charge < -0.3 is 10.6 Å². The second-order valence-corrected chi connectivity index (χ2v) is 3.41. The van der Waals surface area contributed by atoms with Gasteiger partial charge in [-0.3, -0.25) is 4.79 Å². The number of benzene rings is 1. The molecule has 0 bridgehead atoms. The van der Waals surface area contributed by atoms with Gasteiger partial charge in [0.1, 0.15) is 0 Å². The highest BCUT2D eigenvalue weighted by Crippen LogP contribution is 2.25.